The van der Waals surface area contributed by atoms with Crippen LogP contribution in [0.5, 0.6) is 0 Å². The molecule has 0 saturated heterocycles. The highest BCUT2D eigenvalue weighted by Gasteiger charge is 2.26. The number of benzene rings is 2. The van der Waals surface area contributed by atoms with Crippen LogP contribution in [0.3, 0.4) is 0 Å². The van der Waals surface area contributed by atoms with Crippen LogP contribution in [-0.2, 0) is 27.2 Å². The van der Waals surface area contributed by atoms with Crippen LogP contribution >= 0.6 is 0 Å². The first kappa shape index (κ1) is 21.1. The van der Waals surface area contributed by atoms with Crippen molar-refractivity contribution in [2.45, 2.75) is 38.8 Å². The van der Waals surface area contributed by atoms with Gasteiger partial charge in [0.2, 0.25) is 11.8 Å². The van der Waals surface area contributed by atoms with Gasteiger partial charge in [0.1, 0.15) is 17.9 Å². The molecule has 0 aliphatic carbocycles. The fourth-order valence-corrected chi connectivity index (χ4v) is 2.84. The summed E-state index contributed by atoms with van der Waals surface area (Å²) in [6, 6.07) is 10.8. The van der Waals surface area contributed by atoms with Gasteiger partial charge in [0.05, 0.1) is 0 Å². The van der Waals surface area contributed by atoms with Gasteiger partial charge >= 0.3 is 5.97 Å². The standard InChI is InChI=1S/C21H23FN2O4/c1-13-5-3-4-6-16(13)12-19(21(27)28)24-20(26)18(23-14(2)25)11-15-7-9-17(22)10-8-15/h3-10,18-19H,11-12H2,1-2H3,(H,23,25)(H,24,26)(H,27,28)/t18-,19+/m0/s1. The summed E-state index contributed by atoms with van der Waals surface area (Å²) >= 11 is 0. The van der Waals surface area contributed by atoms with Gasteiger partial charge in [-0.25, -0.2) is 9.18 Å². The fourth-order valence-electron chi connectivity index (χ4n) is 2.84. The van der Waals surface area contributed by atoms with Gasteiger partial charge in [-0.05, 0) is 35.7 Å². The number of rotatable bonds is 8. The Labute approximate surface area is 162 Å². The Morgan fingerprint density at radius 3 is 2.18 bits per heavy atom. The van der Waals surface area contributed by atoms with E-state index in [0.29, 0.717) is 5.56 Å². The van der Waals surface area contributed by atoms with Crippen LogP contribution in [0.25, 0.3) is 0 Å². The number of aryl methyl sites for hydroxylation is 1. The molecule has 0 aliphatic rings. The Hall–Kier alpha value is -3.22. The molecule has 0 unspecified atom stereocenters. The number of carboxylic acid groups (broad SMARTS) is 1. The van der Waals surface area contributed by atoms with Gasteiger partial charge in [0.25, 0.3) is 0 Å². The zero-order chi connectivity index (χ0) is 20.7. The minimum absolute atomic E-state index is 0.113. The van der Waals surface area contributed by atoms with Gasteiger partial charge in [-0.3, -0.25) is 9.59 Å². The number of amides is 2. The average Bonchev–Trinajstić information content (AvgIpc) is 2.63. The van der Waals surface area contributed by atoms with Crippen molar-refractivity contribution in [3.05, 3.63) is 71.0 Å². The molecule has 0 fully saturated rings. The third-order valence-corrected chi connectivity index (χ3v) is 4.35. The zero-order valence-corrected chi connectivity index (χ0v) is 15.7. The molecular formula is C21H23FN2O4. The molecule has 148 valence electrons. The Morgan fingerprint density at radius 1 is 0.964 bits per heavy atom. The van der Waals surface area contributed by atoms with Gasteiger partial charge in [-0.15, -0.1) is 0 Å². The van der Waals surface area contributed by atoms with Crippen molar-refractivity contribution >= 4 is 17.8 Å². The summed E-state index contributed by atoms with van der Waals surface area (Å²) in [7, 11) is 0. The van der Waals surface area contributed by atoms with E-state index >= 15 is 0 Å². The highest BCUT2D eigenvalue weighted by atomic mass is 19.1. The van der Waals surface area contributed by atoms with Crippen LogP contribution in [0.1, 0.15) is 23.6 Å². The molecule has 2 aromatic carbocycles. The molecule has 2 aromatic rings. The number of hydrogen-bond donors (Lipinski definition) is 3. The lowest BCUT2D eigenvalue weighted by Crippen LogP contribution is -2.52. The van der Waals surface area contributed by atoms with Crippen LogP contribution in [0, 0.1) is 12.7 Å². The summed E-state index contributed by atoms with van der Waals surface area (Å²) in [5.41, 5.74) is 2.37. The molecule has 6 nitrogen and oxygen atoms in total. The van der Waals surface area contributed by atoms with Crippen LogP contribution in [0.2, 0.25) is 0 Å². The highest BCUT2D eigenvalue weighted by Crippen LogP contribution is 2.11. The third kappa shape index (κ3) is 6.19. The Morgan fingerprint density at radius 2 is 1.61 bits per heavy atom. The smallest absolute Gasteiger partial charge is 0.326 e. The molecule has 0 aliphatic heterocycles. The molecule has 0 bridgehead atoms. The fraction of sp³-hybridized carbons (Fsp3) is 0.286. The molecule has 0 saturated carbocycles. The molecule has 2 rings (SSSR count). The summed E-state index contributed by atoms with van der Waals surface area (Å²) in [5.74, 6) is -2.61. The summed E-state index contributed by atoms with van der Waals surface area (Å²) in [4.78, 5) is 35.8. The first-order chi connectivity index (χ1) is 13.3. The predicted octanol–water partition coefficient (Wildman–Crippen LogP) is 1.99. The van der Waals surface area contributed by atoms with Gasteiger partial charge in [0.15, 0.2) is 0 Å². The van der Waals surface area contributed by atoms with E-state index in [4.69, 9.17) is 0 Å². The number of nitrogens with one attached hydrogen (secondary N) is 2. The Kier molecular flexibility index (Phi) is 7.26. The second-order valence-corrected chi connectivity index (χ2v) is 6.61. The molecule has 3 N–H and O–H groups in total. The topological polar surface area (TPSA) is 95.5 Å². The molecule has 0 heterocycles. The van der Waals surface area contributed by atoms with Crippen LogP contribution in [-0.4, -0.2) is 35.0 Å². The Balaban J connectivity index is 2.14. The summed E-state index contributed by atoms with van der Waals surface area (Å²) in [6.07, 6.45) is 0.236. The van der Waals surface area contributed by atoms with E-state index in [9.17, 15) is 23.9 Å². The number of carboxylic acids is 1. The monoisotopic (exact) mass is 386 g/mol. The van der Waals surface area contributed by atoms with Gasteiger partial charge in [0, 0.05) is 19.8 Å². The maximum Gasteiger partial charge on any atom is 0.326 e. The molecule has 2 atom stereocenters. The molecule has 0 spiro atoms. The third-order valence-electron chi connectivity index (χ3n) is 4.35. The largest absolute Gasteiger partial charge is 0.480 e. The predicted molar refractivity (Wildman–Crippen MR) is 102 cm³/mol. The van der Waals surface area contributed by atoms with Crippen LogP contribution in [0.15, 0.2) is 48.5 Å². The minimum Gasteiger partial charge on any atom is -0.480 e. The summed E-state index contributed by atoms with van der Waals surface area (Å²) < 4.78 is 13.1. The average molecular weight is 386 g/mol. The second-order valence-electron chi connectivity index (χ2n) is 6.61. The van der Waals surface area contributed by atoms with Gasteiger partial charge in [-0.2, -0.15) is 0 Å². The number of aliphatic carboxylic acids is 1. The van der Waals surface area contributed by atoms with Crippen molar-refractivity contribution in [1.82, 2.24) is 10.6 Å². The molecule has 7 heteroatoms. The highest BCUT2D eigenvalue weighted by molar-refractivity contribution is 5.90. The molecule has 2 amide bonds. The van der Waals surface area contributed by atoms with Crippen molar-refractivity contribution < 1.29 is 23.9 Å². The zero-order valence-electron chi connectivity index (χ0n) is 15.7. The summed E-state index contributed by atoms with van der Waals surface area (Å²) in [5, 5.41) is 14.5. The van der Waals surface area contributed by atoms with E-state index < -0.39 is 35.7 Å². The molecule has 28 heavy (non-hydrogen) atoms. The molecular weight excluding hydrogens is 363 g/mol. The number of carbonyl (C=O) groups excluding carboxylic acids is 2. The van der Waals surface area contributed by atoms with Gasteiger partial charge in [-0.1, -0.05) is 36.4 Å². The van der Waals surface area contributed by atoms with Crippen molar-refractivity contribution in [1.29, 1.82) is 0 Å². The van der Waals surface area contributed by atoms with Crippen molar-refractivity contribution in [2.75, 3.05) is 0 Å². The second kappa shape index (κ2) is 9.64. The lowest BCUT2D eigenvalue weighted by Gasteiger charge is -2.21. The van der Waals surface area contributed by atoms with Crippen molar-refractivity contribution in [2.24, 2.45) is 0 Å². The number of hydrogen-bond acceptors (Lipinski definition) is 3. The minimum atomic E-state index is -1.17. The molecule has 0 radical (unpaired) electrons. The summed E-state index contributed by atoms with van der Waals surface area (Å²) in [6.45, 7) is 3.14. The van der Waals surface area contributed by atoms with E-state index in [2.05, 4.69) is 10.6 Å². The maximum absolute atomic E-state index is 13.1. The van der Waals surface area contributed by atoms with Crippen molar-refractivity contribution in [3.8, 4) is 0 Å². The van der Waals surface area contributed by atoms with Crippen LogP contribution < -0.4 is 10.6 Å². The van der Waals surface area contributed by atoms with E-state index in [-0.39, 0.29) is 12.8 Å². The number of carbonyl (C=O) groups is 3. The SMILES string of the molecule is CC(=O)N[C@@H](Cc1ccc(F)cc1)C(=O)N[C@H](Cc1ccccc1C)C(=O)O. The Bertz CT molecular complexity index is 852. The lowest BCUT2D eigenvalue weighted by molar-refractivity contribution is -0.142. The number of halogens is 1. The van der Waals surface area contributed by atoms with Gasteiger partial charge < -0.3 is 15.7 Å². The lowest BCUT2D eigenvalue weighted by atomic mass is 10.00. The first-order valence-corrected chi connectivity index (χ1v) is 8.85. The van der Waals surface area contributed by atoms with E-state index in [0.717, 1.165) is 11.1 Å². The van der Waals surface area contributed by atoms with Crippen LogP contribution in [0.4, 0.5) is 4.39 Å². The quantitative estimate of drug-likeness (QED) is 0.647. The maximum atomic E-state index is 13.1. The van der Waals surface area contributed by atoms with E-state index in [1.807, 2.05) is 19.1 Å². The van der Waals surface area contributed by atoms with E-state index in [1.165, 1.54) is 31.2 Å². The van der Waals surface area contributed by atoms with E-state index in [1.54, 1.807) is 12.1 Å². The molecule has 0 aromatic heterocycles. The normalized spacial score (nSPS) is 12.7. The first-order valence-electron chi connectivity index (χ1n) is 8.85. The van der Waals surface area contributed by atoms with Crippen molar-refractivity contribution in [3.63, 3.8) is 0 Å².